The number of unbranched alkanes of at least 4 members (excludes halogenated alkanes) is 2. The molecule has 2 unspecified atom stereocenters. The van der Waals surface area contributed by atoms with Gasteiger partial charge in [-0.05, 0) is 44.9 Å². The summed E-state index contributed by atoms with van der Waals surface area (Å²) in [5, 5.41) is 21.9. The lowest BCUT2D eigenvalue weighted by atomic mass is 9.65. The first kappa shape index (κ1) is 27.0. The molecule has 0 radical (unpaired) electrons. The average Bonchev–Trinajstić information content (AvgIpc) is 3.10. The van der Waals surface area contributed by atoms with Crippen molar-refractivity contribution in [2.24, 2.45) is 0 Å². The number of aliphatic hydroxyl groups is 2. The van der Waals surface area contributed by atoms with Crippen molar-refractivity contribution in [1.82, 2.24) is 0 Å². The van der Waals surface area contributed by atoms with Crippen LogP contribution in [-0.2, 0) is 29.8 Å². The molecule has 5 nitrogen and oxygen atoms in total. The van der Waals surface area contributed by atoms with E-state index in [0.29, 0.717) is 0 Å². The lowest BCUT2D eigenvalue weighted by Crippen LogP contribution is -2.59. The predicted molar refractivity (Wildman–Crippen MR) is 134 cm³/mol. The smallest absolute Gasteiger partial charge is 0.342 e. The molecule has 3 aliphatic heterocycles. The quantitative estimate of drug-likeness (QED) is 0.327. The maximum absolute atomic E-state index is 11.2. The normalized spacial score (nSPS) is 28.7. The minimum Gasteiger partial charge on any atom is -0.393 e. The maximum atomic E-state index is 11.2. The highest BCUT2D eigenvalue weighted by Crippen LogP contribution is 2.74. The predicted octanol–water partition coefficient (Wildman–Crippen LogP) is 6.92. The van der Waals surface area contributed by atoms with E-state index in [1.807, 2.05) is 0 Å². The molecular formula is C27H45O5P. The van der Waals surface area contributed by atoms with Crippen LogP contribution in [0.2, 0.25) is 0 Å². The third-order valence-electron chi connectivity index (χ3n) is 7.07. The van der Waals surface area contributed by atoms with Gasteiger partial charge in [-0.15, -0.1) is 0 Å². The Morgan fingerprint density at radius 3 is 1.70 bits per heavy atom. The zero-order valence-electron chi connectivity index (χ0n) is 22.3. The van der Waals surface area contributed by atoms with Gasteiger partial charge in [0, 0.05) is 5.92 Å². The highest BCUT2D eigenvalue weighted by Gasteiger charge is 2.76. The molecule has 2 bridgehead atoms. The summed E-state index contributed by atoms with van der Waals surface area (Å²) in [5.41, 5.74) is 3.29. The highest BCUT2D eigenvalue weighted by molar-refractivity contribution is 7.43. The number of hydrogen-bond acceptors (Lipinski definition) is 5. The summed E-state index contributed by atoms with van der Waals surface area (Å²) >= 11 is 0. The van der Waals surface area contributed by atoms with Crippen LogP contribution in [0, 0.1) is 0 Å². The molecule has 3 heterocycles. The Labute approximate surface area is 202 Å². The lowest BCUT2D eigenvalue weighted by Gasteiger charge is -2.44. The van der Waals surface area contributed by atoms with Crippen LogP contribution in [0.4, 0.5) is 0 Å². The SMILES string of the molecule is CCCCCC(c1c(C(C)(C)C)cc(C(C)(C)C)cc1C(C)(C)C)C1(CO)OP2OC1(O)O2. The number of hydrogen-bond donors (Lipinski definition) is 2. The number of fused-ring (bicyclic) bond motifs is 1. The molecule has 188 valence electrons. The number of rotatable bonds is 7. The van der Waals surface area contributed by atoms with Crippen LogP contribution in [0.15, 0.2) is 12.1 Å². The highest BCUT2D eigenvalue weighted by atomic mass is 31.2. The first-order chi connectivity index (χ1) is 15.0. The fourth-order valence-corrected chi connectivity index (χ4v) is 6.39. The van der Waals surface area contributed by atoms with Gasteiger partial charge in [0.2, 0.25) is 0 Å². The van der Waals surface area contributed by atoms with Gasteiger partial charge < -0.3 is 10.2 Å². The molecule has 6 heteroatoms. The Hall–Kier alpha value is -0.550. The molecule has 0 amide bonds. The Kier molecular flexibility index (Phi) is 7.24. The molecule has 3 aliphatic rings. The van der Waals surface area contributed by atoms with Crippen LogP contribution in [0.25, 0.3) is 0 Å². The Bertz CT molecular complexity index is 820. The second kappa shape index (κ2) is 8.84. The minimum absolute atomic E-state index is 0.00992. The van der Waals surface area contributed by atoms with Gasteiger partial charge >= 0.3 is 14.6 Å². The number of benzene rings is 1. The number of aliphatic hydroxyl groups excluding tert-OH is 1. The molecule has 0 aliphatic carbocycles. The van der Waals surface area contributed by atoms with Gasteiger partial charge in [-0.3, -0.25) is 13.6 Å². The van der Waals surface area contributed by atoms with Crippen molar-refractivity contribution in [3.8, 4) is 0 Å². The van der Waals surface area contributed by atoms with Crippen molar-refractivity contribution >= 4 is 8.60 Å². The summed E-state index contributed by atoms with van der Waals surface area (Å²) in [7, 11) is -1.62. The van der Waals surface area contributed by atoms with Gasteiger partial charge in [0.25, 0.3) is 0 Å². The molecule has 33 heavy (non-hydrogen) atoms. The van der Waals surface area contributed by atoms with Gasteiger partial charge in [-0.25, -0.2) is 0 Å². The van der Waals surface area contributed by atoms with Crippen LogP contribution in [0.5, 0.6) is 0 Å². The largest absolute Gasteiger partial charge is 0.393 e. The summed E-state index contributed by atoms with van der Waals surface area (Å²) in [6.45, 7) is 22.0. The van der Waals surface area contributed by atoms with Crippen LogP contribution in [-0.4, -0.2) is 28.4 Å². The molecule has 2 atom stereocenters. The molecule has 2 N–H and O–H groups in total. The van der Waals surface area contributed by atoms with Gasteiger partial charge in [-0.2, -0.15) is 0 Å². The fraction of sp³-hybridized carbons (Fsp3) is 0.778. The Morgan fingerprint density at radius 1 is 0.848 bits per heavy atom. The van der Waals surface area contributed by atoms with Crippen LogP contribution < -0.4 is 0 Å². The van der Waals surface area contributed by atoms with E-state index in [1.165, 1.54) is 16.7 Å². The first-order valence-electron chi connectivity index (χ1n) is 12.4. The van der Waals surface area contributed by atoms with Crippen LogP contribution in [0.3, 0.4) is 0 Å². The molecule has 0 saturated carbocycles. The molecule has 1 aromatic rings. The van der Waals surface area contributed by atoms with Crippen molar-refractivity contribution in [3.63, 3.8) is 0 Å². The maximum Gasteiger partial charge on any atom is 0.342 e. The van der Waals surface area contributed by atoms with Gasteiger partial charge in [0.15, 0.2) is 5.60 Å². The molecule has 3 fully saturated rings. The van der Waals surface area contributed by atoms with Crippen LogP contribution >= 0.6 is 8.60 Å². The van der Waals surface area contributed by atoms with E-state index in [9.17, 15) is 10.2 Å². The molecule has 0 spiro atoms. The van der Waals surface area contributed by atoms with E-state index < -0.39 is 20.2 Å². The van der Waals surface area contributed by atoms with E-state index in [-0.39, 0.29) is 28.8 Å². The average molecular weight is 481 g/mol. The van der Waals surface area contributed by atoms with E-state index in [1.54, 1.807) is 0 Å². The van der Waals surface area contributed by atoms with Crippen molar-refractivity contribution < 1.29 is 23.8 Å². The minimum atomic E-state index is -1.91. The summed E-state index contributed by atoms with van der Waals surface area (Å²) in [5.74, 6) is -2.18. The Morgan fingerprint density at radius 2 is 1.36 bits per heavy atom. The van der Waals surface area contributed by atoms with Gasteiger partial charge in [0.05, 0.1) is 6.61 Å². The Balaban J connectivity index is 2.35. The van der Waals surface area contributed by atoms with Gasteiger partial charge in [-0.1, -0.05) is 101 Å². The molecule has 3 saturated heterocycles. The molecule has 0 aromatic heterocycles. The first-order valence-corrected chi connectivity index (χ1v) is 13.5. The summed E-state index contributed by atoms with van der Waals surface area (Å²) in [6.07, 6.45) is 3.90. The molecular weight excluding hydrogens is 435 g/mol. The molecule has 4 rings (SSSR count). The summed E-state index contributed by atoms with van der Waals surface area (Å²) < 4.78 is 17.4. The monoisotopic (exact) mass is 480 g/mol. The molecule has 1 aromatic carbocycles. The zero-order chi connectivity index (χ0) is 25.0. The second-order valence-electron chi connectivity index (χ2n) is 12.9. The van der Waals surface area contributed by atoms with E-state index in [0.717, 1.165) is 31.2 Å². The van der Waals surface area contributed by atoms with E-state index >= 15 is 0 Å². The van der Waals surface area contributed by atoms with Crippen LogP contribution in [0.1, 0.15) is 123 Å². The summed E-state index contributed by atoms with van der Waals surface area (Å²) in [6, 6.07) is 4.66. The summed E-state index contributed by atoms with van der Waals surface area (Å²) in [4.78, 5) is 0. The van der Waals surface area contributed by atoms with Gasteiger partial charge in [0.1, 0.15) is 0 Å². The lowest BCUT2D eigenvalue weighted by molar-refractivity contribution is -0.352. The van der Waals surface area contributed by atoms with Crippen molar-refractivity contribution in [1.29, 1.82) is 0 Å². The standard InChI is InChI=1S/C27H45O5P/c1-11-12-13-14-19(26(17-28)27(29)31-33(30-26)32-27)22-20(24(5,6)7)15-18(23(2,3)4)16-21(22)25(8,9)10/h15-16,19,28-29H,11-14,17H2,1-10H3. The van der Waals surface area contributed by atoms with E-state index in [2.05, 4.69) is 81.4 Å². The van der Waals surface area contributed by atoms with Crippen molar-refractivity contribution in [3.05, 3.63) is 34.4 Å². The fourth-order valence-electron chi connectivity index (χ4n) is 5.03. The second-order valence-corrected chi connectivity index (χ2v) is 13.9. The zero-order valence-corrected chi connectivity index (χ0v) is 23.2. The van der Waals surface area contributed by atoms with Crippen molar-refractivity contribution in [2.75, 3.05) is 6.61 Å². The third kappa shape index (κ3) is 4.79. The van der Waals surface area contributed by atoms with Crippen molar-refractivity contribution in [2.45, 2.75) is 129 Å². The third-order valence-corrected chi connectivity index (χ3v) is 8.34. The topological polar surface area (TPSA) is 68.2 Å². The van der Waals surface area contributed by atoms with E-state index in [4.69, 9.17) is 13.6 Å².